The van der Waals surface area contributed by atoms with Crippen molar-refractivity contribution < 1.29 is 0 Å². The van der Waals surface area contributed by atoms with E-state index in [1.165, 1.54) is 27.9 Å². The molecule has 2 rings (SSSR count). The Morgan fingerprint density at radius 2 is 1.57 bits per heavy atom. The predicted molar refractivity (Wildman–Crippen MR) is 91.9 cm³/mol. The van der Waals surface area contributed by atoms with E-state index in [0.717, 1.165) is 6.54 Å². The van der Waals surface area contributed by atoms with Crippen molar-refractivity contribution in [2.75, 3.05) is 18.0 Å². The van der Waals surface area contributed by atoms with Gasteiger partial charge in [-0.05, 0) is 56.5 Å². The lowest BCUT2D eigenvalue weighted by atomic mass is 9.92. The van der Waals surface area contributed by atoms with Crippen LogP contribution < -0.4 is 10.6 Å². The van der Waals surface area contributed by atoms with Gasteiger partial charge in [-0.2, -0.15) is 0 Å². The number of nitrogens with two attached hydrogens (primary N) is 1. The molecule has 0 aromatic heterocycles. The molecule has 2 nitrogen and oxygen atoms in total. The van der Waals surface area contributed by atoms with Gasteiger partial charge in [-0.25, -0.2) is 0 Å². The van der Waals surface area contributed by atoms with Crippen molar-refractivity contribution in [3.8, 4) is 0 Å². The summed E-state index contributed by atoms with van der Waals surface area (Å²) in [6.45, 7) is 10.3. The highest BCUT2D eigenvalue weighted by Gasteiger charge is 2.21. The van der Waals surface area contributed by atoms with E-state index in [9.17, 15) is 0 Å². The SMILES string of the molecule is CCN(c1ccccc1)C(CN)c1c(C)cc(C)cc1C. The van der Waals surface area contributed by atoms with Crippen LogP contribution in [-0.2, 0) is 0 Å². The van der Waals surface area contributed by atoms with Gasteiger partial charge in [0.1, 0.15) is 0 Å². The Kier molecular flexibility index (Phi) is 5.03. The van der Waals surface area contributed by atoms with Crippen LogP contribution in [-0.4, -0.2) is 13.1 Å². The Hall–Kier alpha value is -1.80. The van der Waals surface area contributed by atoms with Gasteiger partial charge in [0.2, 0.25) is 0 Å². The maximum Gasteiger partial charge on any atom is 0.0669 e. The minimum Gasteiger partial charge on any atom is -0.363 e. The molecular weight excluding hydrogens is 256 g/mol. The highest BCUT2D eigenvalue weighted by atomic mass is 15.2. The van der Waals surface area contributed by atoms with Crippen LogP contribution in [0.5, 0.6) is 0 Å². The van der Waals surface area contributed by atoms with Gasteiger partial charge in [-0.15, -0.1) is 0 Å². The minimum absolute atomic E-state index is 0.220. The number of likely N-dealkylation sites (N-methyl/N-ethyl adjacent to an activating group) is 1. The molecule has 0 aliphatic carbocycles. The lowest BCUT2D eigenvalue weighted by molar-refractivity contribution is 0.636. The average Bonchev–Trinajstić information content (AvgIpc) is 2.46. The zero-order valence-corrected chi connectivity index (χ0v) is 13.6. The van der Waals surface area contributed by atoms with Gasteiger partial charge in [0, 0.05) is 18.8 Å². The molecule has 2 aromatic rings. The lowest BCUT2D eigenvalue weighted by Crippen LogP contribution is -2.34. The lowest BCUT2D eigenvalue weighted by Gasteiger charge is -2.34. The third-order valence-electron chi connectivity index (χ3n) is 4.10. The largest absolute Gasteiger partial charge is 0.363 e. The minimum atomic E-state index is 0.220. The molecule has 0 saturated carbocycles. The molecule has 2 heteroatoms. The van der Waals surface area contributed by atoms with E-state index in [-0.39, 0.29) is 6.04 Å². The molecule has 0 amide bonds. The molecule has 21 heavy (non-hydrogen) atoms. The first-order valence-electron chi connectivity index (χ1n) is 7.68. The molecule has 0 saturated heterocycles. The van der Waals surface area contributed by atoms with Gasteiger partial charge in [0.05, 0.1) is 6.04 Å². The summed E-state index contributed by atoms with van der Waals surface area (Å²) in [5.41, 5.74) is 12.7. The van der Waals surface area contributed by atoms with E-state index < -0.39 is 0 Å². The number of nitrogens with zero attached hydrogens (tertiary/aromatic N) is 1. The third-order valence-corrected chi connectivity index (χ3v) is 4.10. The fraction of sp³-hybridized carbons (Fsp3) is 0.368. The van der Waals surface area contributed by atoms with Crippen molar-refractivity contribution >= 4 is 5.69 Å². The van der Waals surface area contributed by atoms with Crippen molar-refractivity contribution in [1.29, 1.82) is 0 Å². The third kappa shape index (κ3) is 3.27. The van der Waals surface area contributed by atoms with Crippen molar-refractivity contribution in [1.82, 2.24) is 0 Å². The van der Waals surface area contributed by atoms with Crippen molar-refractivity contribution in [3.63, 3.8) is 0 Å². The van der Waals surface area contributed by atoms with Crippen molar-refractivity contribution in [2.24, 2.45) is 5.73 Å². The molecule has 0 spiro atoms. The van der Waals surface area contributed by atoms with Crippen LogP contribution in [0.25, 0.3) is 0 Å². The Labute approximate surface area is 128 Å². The Balaban J connectivity index is 2.48. The molecule has 2 N–H and O–H groups in total. The molecule has 0 aliphatic rings. The Morgan fingerprint density at radius 1 is 1.00 bits per heavy atom. The number of para-hydroxylation sites is 1. The first-order valence-corrected chi connectivity index (χ1v) is 7.68. The molecule has 1 unspecified atom stereocenters. The summed E-state index contributed by atoms with van der Waals surface area (Å²) in [7, 11) is 0. The van der Waals surface area contributed by atoms with E-state index in [2.05, 4.69) is 75.1 Å². The van der Waals surface area contributed by atoms with E-state index in [4.69, 9.17) is 5.73 Å². The summed E-state index contributed by atoms with van der Waals surface area (Å²) in [6.07, 6.45) is 0. The second-order valence-electron chi connectivity index (χ2n) is 5.69. The molecule has 0 aliphatic heterocycles. The standard InChI is InChI=1S/C19H26N2/c1-5-21(17-9-7-6-8-10-17)18(13-20)19-15(3)11-14(2)12-16(19)4/h6-12,18H,5,13,20H2,1-4H3. The maximum atomic E-state index is 6.15. The Morgan fingerprint density at radius 3 is 2.05 bits per heavy atom. The molecule has 0 heterocycles. The number of aryl methyl sites for hydroxylation is 3. The van der Waals surface area contributed by atoms with Crippen LogP contribution in [0.2, 0.25) is 0 Å². The van der Waals surface area contributed by atoms with Crippen molar-refractivity contribution in [3.05, 3.63) is 64.7 Å². The van der Waals surface area contributed by atoms with E-state index in [1.54, 1.807) is 0 Å². The van der Waals surface area contributed by atoms with Crippen LogP contribution >= 0.6 is 0 Å². The average molecular weight is 282 g/mol. The molecule has 1 atom stereocenters. The number of benzene rings is 2. The number of rotatable bonds is 5. The van der Waals surface area contributed by atoms with E-state index in [0.29, 0.717) is 6.54 Å². The number of hydrogen-bond acceptors (Lipinski definition) is 2. The summed E-state index contributed by atoms with van der Waals surface area (Å²) in [5.74, 6) is 0. The summed E-state index contributed by atoms with van der Waals surface area (Å²) in [5, 5.41) is 0. The monoisotopic (exact) mass is 282 g/mol. The fourth-order valence-corrected chi connectivity index (χ4v) is 3.32. The van der Waals surface area contributed by atoms with Gasteiger partial charge in [-0.1, -0.05) is 35.9 Å². The second-order valence-corrected chi connectivity index (χ2v) is 5.69. The topological polar surface area (TPSA) is 29.3 Å². The van der Waals surface area contributed by atoms with E-state index in [1.807, 2.05) is 0 Å². The summed E-state index contributed by atoms with van der Waals surface area (Å²) in [6, 6.07) is 15.3. The molecule has 112 valence electrons. The molecule has 0 radical (unpaired) electrons. The highest BCUT2D eigenvalue weighted by molar-refractivity contribution is 5.51. The molecule has 0 bridgehead atoms. The first-order chi connectivity index (χ1) is 10.1. The predicted octanol–water partition coefficient (Wildman–Crippen LogP) is 4.14. The smallest absolute Gasteiger partial charge is 0.0669 e. The summed E-state index contributed by atoms with van der Waals surface area (Å²) in [4.78, 5) is 2.39. The van der Waals surface area contributed by atoms with Gasteiger partial charge in [0.15, 0.2) is 0 Å². The van der Waals surface area contributed by atoms with Gasteiger partial charge >= 0.3 is 0 Å². The van der Waals surface area contributed by atoms with Crippen LogP contribution in [0.1, 0.15) is 35.2 Å². The number of hydrogen-bond donors (Lipinski definition) is 1. The summed E-state index contributed by atoms with van der Waals surface area (Å²) < 4.78 is 0. The van der Waals surface area contributed by atoms with Crippen molar-refractivity contribution in [2.45, 2.75) is 33.7 Å². The molecule has 2 aromatic carbocycles. The van der Waals surface area contributed by atoms with Crippen LogP contribution in [0, 0.1) is 20.8 Å². The van der Waals surface area contributed by atoms with Crippen LogP contribution in [0.4, 0.5) is 5.69 Å². The molecular formula is C19H26N2. The zero-order chi connectivity index (χ0) is 15.4. The Bertz CT molecular complexity index is 567. The zero-order valence-electron chi connectivity index (χ0n) is 13.6. The van der Waals surface area contributed by atoms with Crippen LogP contribution in [0.15, 0.2) is 42.5 Å². The van der Waals surface area contributed by atoms with Crippen LogP contribution in [0.3, 0.4) is 0 Å². The van der Waals surface area contributed by atoms with Gasteiger partial charge in [0.25, 0.3) is 0 Å². The summed E-state index contributed by atoms with van der Waals surface area (Å²) >= 11 is 0. The van der Waals surface area contributed by atoms with E-state index >= 15 is 0 Å². The normalized spacial score (nSPS) is 12.2. The van der Waals surface area contributed by atoms with Gasteiger partial charge < -0.3 is 10.6 Å². The second kappa shape index (κ2) is 6.77. The highest BCUT2D eigenvalue weighted by Crippen LogP contribution is 2.31. The quantitative estimate of drug-likeness (QED) is 0.893. The van der Waals surface area contributed by atoms with Gasteiger partial charge in [-0.3, -0.25) is 0 Å². The maximum absolute atomic E-state index is 6.15. The molecule has 0 fully saturated rings. The fourth-order valence-electron chi connectivity index (χ4n) is 3.32. The first kappa shape index (κ1) is 15.6. The number of anilines is 1.